The lowest BCUT2D eigenvalue weighted by Gasteiger charge is -2.07. The Morgan fingerprint density at radius 1 is 1.13 bits per heavy atom. The first-order valence-electron chi connectivity index (χ1n) is 8.72. The fourth-order valence-electron chi connectivity index (χ4n) is 2.53. The van der Waals surface area contributed by atoms with Crippen LogP contribution in [0.4, 0.5) is 11.4 Å². The van der Waals surface area contributed by atoms with Crippen molar-refractivity contribution in [2.24, 2.45) is 0 Å². The number of carbonyl (C=O) groups is 2. The molecule has 0 spiro atoms. The first kappa shape index (κ1) is 22.7. The summed E-state index contributed by atoms with van der Waals surface area (Å²) in [7, 11) is 0. The molecule has 0 aliphatic rings. The van der Waals surface area contributed by atoms with E-state index in [0.717, 1.165) is 12.1 Å². The monoisotopic (exact) mass is 425 g/mol. The van der Waals surface area contributed by atoms with Gasteiger partial charge in [0.05, 0.1) is 22.0 Å². The summed E-state index contributed by atoms with van der Waals surface area (Å²) < 4.78 is 9.93. The van der Waals surface area contributed by atoms with E-state index in [2.05, 4.69) is 0 Å². The molecule has 0 amide bonds. The largest absolute Gasteiger partial charge is 0.462 e. The van der Waals surface area contributed by atoms with Gasteiger partial charge in [0.2, 0.25) is 0 Å². The fourth-order valence-corrected chi connectivity index (χ4v) is 2.53. The molecule has 11 heteroatoms. The van der Waals surface area contributed by atoms with E-state index in [9.17, 15) is 29.8 Å². The Hall–Kier alpha value is -4.59. The van der Waals surface area contributed by atoms with Gasteiger partial charge in [-0.05, 0) is 37.6 Å². The van der Waals surface area contributed by atoms with Crippen molar-refractivity contribution in [1.29, 1.82) is 5.26 Å². The second-order valence-electron chi connectivity index (χ2n) is 6.01. The molecular formula is C20H15N3O8. The van der Waals surface area contributed by atoms with E-state index in [0.29, 0.717) is 5.56 Å². The molecule has 31 heavy (non-hydrogen) atoms. The zero-order chi connectivity index (χ0) is 23.1. The number of hydrogen-bond donors (Lipinski definition) is 0. The minimum atomic E-state index is -1.06. The summed E-state index contributed by atoms with van der Waals surface area (Å²) in [5.74, 6) is -1.88. The SMILES string of the molecule is CCOC(=O)/C(C#N)=C/c1cccc(OC(=O)c2cc([N+](=O)[O-])c(C)c([N+](=O)[O-])c2)c1. The van der Waals surface area contributed by atoms with E-state index in [1.807, 2.05) is 0 Å². The number of hydrogen-bond acceptors (Lipinski definition) is 9. The Balaban J connectivity index is 2.36. The number of esters is 2. The van der Waals surface area contributed by atoms with Gasteiger partial charge >= 0.3 is 11.9 Å². The van der Waals surface area contributed by atoms with Gasteiger partial charge in [0, 0.05) is 12.1 Å². The van der Waals surface area contributed by atoms with E-state index in [1.165, 1.54) is 37.3 Å². The van der Waals surface area contributed by atoms with Gasteiger partial charge in [-0.1, -0.05) is 12.1 Å². The third-order valence-electron chi connectivity index (χ3n) is 3.98. The van der Waals surface area contributed by atoms with Crippen molar-refractivity contribution < 1.29 is 28.9 Å². The number of nitrogens with zero attached hydrogens (tertiary/aromatic N) is 3. The average Bonchev–Trinajstić information content (AvgIpc) is 2.72. The third-order valence-corrected chi connectivity index (χ3v) is 3.98. The van der Waals surface area contributed by atoms with Crippen LogP contribution in [-0.2, 0) is 9.53 Å². The normalized spacial score (nSPS) is 10.7. The van der Waals surface area contributed by atoms with Crippen LogP contribution in [-0.4, -0.2) is 28.4 Å². The summed E-state index contributed by atoms with van der Waals surface area (Å²) in [5.41, 5.74) is -1.68. The minimum Gasteiger partial charge on any atom is -0.462 e. The maximum Gasteiger partial charge on any atom is 0.348 e. The van der Waals surface area contributed by atoms with Crippen LogP contribution in [0.3, 0.4) is 0 Å². The molecule has 0 saturated heterocycles. The van der Waals surface area contributed by atoms with E-state index in [-0.39, 0.29) is 29.1 Å². The van der Waals surface area contributed by atoms with Gasteiger partial charge in [-0.2, -0.15) is 5.26 Å². The fraction of sp³-hybridized carbons (Fsp3) is 0.150. The van der Waals surface area contributed by atoms with Crippen molar-refractivity contribution in [3.8, 4) is 11.8 Å². The first-order chi connectivity index (χ1) is 14.7. The van der Waals surface area contributed by atoms with E-state index < -0.39 is 33.2 Å². The second kappa shape index (κ2) is 9.75. The van der Waals surface area contributed by atoms with Crippen LogP contribution in [0.25, 0.3) is 6.08 Å². The van der Waals surface area contributed by atoms with Crippen LogP contribution in [0.2, 0.25) is 0 Å². The Labute approximate surface area is 175 Å². The lowest BCUT2D eigenvalue weighted by Crippen LogP contribution is -2.10. The summed E-state index contributed by atoms with van der Waals surface area (Å²) in [6.07, 6.45) is 1.23. The van der Waals surface area contributed by atoms with Gasteiger partial charge in [-0.15, -0.1) is 0 Å². The molecule has 0 bridgehead atoms. The maximum atomic E-state index is 12.4. The number of nitro groups is 2. The summed E-state index contributed by atoms with van der Waals surface area (Å²) in [5, 5.41) is 31.4. The molecule has 0 aliphatic heterocycles. The molecular weight excluding hydrogens is 410 g/mol. The van der Waals surface area contributed by atoms with E-state index in [4.69, 9.17) is 14.7 Å². The van der Waals surface area contributed by atoms with E-state index in [1.54, 1.807) is 13.0 Å². The van der Waals surface area contributed by atoms with Crippen LogP contribution in [0, 0.1) is 38.5 Å². The second-order valence-corrected chi connectivity index (χ2v) is 6.01. The number of benzene rings is 2. The Morgan fingerprint density at radius 3 is 2.26 bits per heavy atom. The maximum absolute atomic E-state index is 12.4. The van der Waals surface area contributed by atoms with Crippen LogP contribution in [0.1, 0.15) is 28.4 Å². The molecule has 2 aromatic carbocycles. The highest BCUT2D eigenvalue weighted by molar-refractivity contribution is 5.98. The minimum absolute atomic E-state index is 0.00854. The van der Waals surface area contributed by atoms with Gasteiger partial charge in [-0.25, -0.2) is 9.59 Å². The van der Waals surface area contributed by atoms with Crippen LogP contribution in [0.15, 0.2) is 42.0 Å². The van der Waals surface area contributed by atoms with Crippen LogP contribution < -0.4 is 4.74 Å². The van der Waals surface area contributed by atoms with E-state index >= 15 is 0 Å². The average molecular weight is 425 g/mol. The third kappa shape index (κ3) is 5.48. The summed E-state index contributed by atoms with van der Waals surface area (Å²) in [6.45, 7) is 2.88. The molecule has 158 valence electrons. The van der Waals surface area contributed by atoms with Crippen molar-refractivity contribution in [1.82, 2.24) is 0 Å². The molecule has 0 N–H and O–H groups in total. The number of nitriles is 1. The Bertz CT molecular complexity index is 1110. The highest BCUT2D eigenvalue weighted by Gasteiger charge is 2.26. The molecule has 0 aromatic heterocycles. The van der Waals surface area contributed by atoms with Crippen molar-refractivity contribution in [3.05, 3.63) is 78.9 Å². The molecule has 2 rings (SSSR count). The van der Waals surface area contributed by atoms with Crippen molar-refractivity contribution in [2.75, 3.05) is 6.61 Å². The highest BCUT2D eigenvalue weighted by atomic mass is 16.6. The first-order valence-corrected chi connectivity index (χ1v) is 8.72. The molecule has 0 radical (unpaired) electrons. The summed E-state index contributed by atoms with van der Waals surface area (Å²) in [6, 6.07) is 9.24. The Morgan fingerprint density at radius 2 is 1.74 bits per heavy atom. The topological polar surface area (TPSA) is 163 Å². The molecule has 0 atom stereocenters. The van der Waals surface area contributed by atoms with Gasteiger partial charge in [0.1, 0.15) is 23.0 Å². The lowest BCUT2D eigenvalue weighted by atomic mass is 10.1. The van der Waals surface area contributed by atoms with Gasteiger partial charge in [0.25, 0.3) is 11.4 Å². The molecule has 0 heterocycles. The summed E-state index contributed by atoms with van der Waals surface area (Å²) in [4.78, 5) is 44.8. The van der Waals surface area contributed by atoms with Gasteiger partial charge < -0.3 is 9.47 Å². The van der Waals surface area contributed by atoms with Crippen molar-refractivity contribution in [3.63, 3.8) is 0 Å². The van der Waals surface area contributed by atoms with Crippen molar-refractivity contribution >= 4 is 29.4 Å². The molecule has 0 saturated carbocycles. The number of ether oxygens (including phenoxy) is 2. The lowest BCUT2D eigenvalue weighted by molar-refractivity contribution is -0.395. The van der Waals surface area contributed by atoms with Gasteiger partial charge in [-0.3, -0.25) is 20.2 Å². The highest BCUT2D eigenvalue weighted by Crippen LogP contribution is 2.30. The quantitative estimate of drug-likeness (QED) is 0.161. The number of nitro benzene ring substituents is 2. The predicted molar refractivity (Wildman–Crippen MR) is 106 cm³/mol. The predicted octanol–water partition coefficient (Wildman–Crippen LogP) is 3.50. The van der Waals surface area contributed by atoms with Gasteiger partial charge in [0.15, 0.2) is 0 Å². The Kier molecular flexibility index (Phi) is 7.14. The van der Waals surface area contributed by atoms with Crippen LogP contribution in [0.5, 0.6) is 5.75 Å². The zero-order valence-electron chi connectivity index (χ0n) is 16.4. The summed E-state index contributed by atoms with van der Waals surface area (Å²) >= 11 is 0. The zero-order valence-corrected chi connectivity index (χ0v) is 16.4. The van der Waals surface area contributed by atoms with Crippen LogP contribution >= 0.6 is 0 Å². The molecule has 0 aliphatic carbocycles. The molecule has 11 nitrogen and oxygen atoms in total. The van der Waals surface area contributed by atoms with Crippen molar-refractivity contribution in [2.45, 2.75) is 13.8 Å². The number of carbonyl (C=O) groups excluding carboxylic acids is 2. The standard InChI is InChI=1S/C20H15N3O8/c1-3-30-19(24)15(11-21)7-13-5-4-6-16(8-13)31-20(25)14-9-17(22(26)27)12(2)18(10-14)23(28)29/h4-10H,3H2,1-2H3/b15-7+. The molecule has 0 fully saturated rings. The number of rotatable bonds is 7. The molecule has 0 unspecified atom stereocenters. The smallest absolute Gasteiger partial charge is 0.348 e. The molecule has 2 aromatic rings.